The molecular weight excluding hydrogens is 356 g/mol. The summed E-state index contributed by atoms with van der Waals surface area (Å²) in [6.07, 6.45) is 0.0350. The van der Waals surface area contributed by atoms with Gasteiger partial charge in [0.1, 0.15) is 12.3 Å². The Labute approximate surface area is 157 Å². The molecule has 2 aromatic carbocycles. The number of phenolic OH excluding ortho intramolecular Hbond substituents is 1. The van der Waals surface area contributed by atoms with Crippen LogP contribution in [-0.2, 0) is 11.2 Å². The first-order chi connectivity index (χ1) is 12.4. The number of nitrogens with one attached hydrogen (secondary N) is 2. The molecule has 0 spiro atoms. The van der Waals surface area contributed by atoms with Gasteiger partial charge in [0.05, 0.1) is 16.8 Å². The highest BCUT2D eigenvalue weighted by molar-refractivity contribution is 6.33. The van der Waals surface area contributed by atoms with Gasteiger partial charge in [-0.05, 0) is 55.3 Å². The van der Waals surface area contributed by atoms with Gasteiger partial charge in [-0.3, -0.25) is 4.79 Å². The number of hydrogen-bond acceptors (Lipinski definition) is 5. The quantitative estimate of drug-likeness (QED) is 0.460. The fourth-order valence-electron chi connectivity index (χ4n) is 2.54. The first-order valence-electron chi connectivity index (χ1n) is 8.31. The molecule has 5 N–H and O–H groups in total. The van der Waals surface area contributed by atoms with E-state index in [-0.39, 0.29) is 18.3 Å². The van der Waals surface area contributed by atoms with E-state index in [1.807, 2.05) is 13.0 Å². The van der Waals surface area contributed by atoms with Gasteiger partial charge in [0.2, 0.25) is 0 Å². The molecule has 0 amide bonds. The van der Waals surface area contributed by atoms with Gasteiger partial charge in [-0.2, -0.15) is 0 Å². The number of carbonyl (C=O) groups is 1. The third-order valence-corrected chi connectivity index (χ3v) is 4.36. The van der Waals surface area contributed by atoms with Gasteiger partial charge in [-0.1, -0.05) is 29.8 Å². The number of aromatic hydroxyl groups is 1. The molecule has 0 aliphatic carbocycles. The van der Waals surface area contributed by atoms with Crippen LogP contribution in [-0.4, -0.2) is 40.4 Å². The second-order valence-corrected chi connectivity index (χ2v) is 6.50. The maximum atomic E-state index is 10.6. The summed E-state index contributed by atoms with van der Waals surface area (Å²) in [5.41, 5.74) is 2.33. The number of aliphatic hydroxyl groups excluding tert-OH is 1. The second-order valence-electron chi connectivity index (χ2n) is 6.09. The van der Waals surface area contributed by atoms with Crippen LogP contribution in [0.2, 0.25) is 5.02 Å². The third kappa shape index (κ3) is 5.91. The van der Waals surface area contributed by atoms with Crippen molar-refractivity contribution in [2.24, 2.45) is 0 Å². The molecule has 0 heterocycles. The minimum atomic E-state index is -0.949. The van der Waals surface area contributed by atoms with Gasteiger partial charge in [-0.25, -0.2) is 0 Å². The van der Waals surface area contributed by atoms with Crippen LogP contribution in [0.4, 0.5) is 5.69 Å². The predicted octanol–water partition coefficient (Wildman–Crippen LogP) is 2.80. The van der Waals surface area contributed by atoms with Gasteiger partial charge in [0.25, 0.3) is 0 Å². The Morgan fingerprint density at radius 3 is 2.50 bits per heavy atom. The van der Waals surface area contributed by atoms with Gasteiger partial charge >= 0.3 is 5.97 Å². The number of aliphatic carboxylic acids is 1. The average Bonchev–Trinajstić information content (AvgIpc) is 2.60. The smallest absolute Gasteiger partial charge is 0.322 e. The number of benzene rings is 2. The molecule has 140 valence electrons. The van der Waals surface area contributed by atoms with E-state index >= 15 is 0 Å². The van der Waals surface area contributed by atoms with Crippen LogP contribution in [0, 0.1) is 0 Å². The van der Waals surface area contributed by atoms with Crippen molar-refractivity contribution in [3.8, 4) is 5.75 Å². The fourth-order valence-corrected chi connectivity index (χ4v) is 2.81. The summed E-state index contributed by atoms with van der Waals surface area (Å²) in [5, 5.41) is 34.8. The highest BCUT2D eigenvalue weighted by atomic mass is 35.5. The Hall–Kier alpha value is -2.28. The van der Waals surface area contributed by atoms with Crippen LogP contribution in [0.15, 0.2) is 42.5 Å². The van der Waals surface area contributed by atoms with Gasteiger partial charge in [-0.15, -0.1) is 0 Å². The number of hydrogen-bond donors (Lipinski definition) is 5. The third-order valence-electron chi connectivity index (χ3n) is 4.05. The molecule has 0 saturated heterocycles. The maximum absolute atomic E-state index is 10.6. The van der Waals surface area contributed by atoms with E-state index in [1.54, 1.807) is 36.4 Å². The number of phenols is 1. The first kappa shape index (κ1) is 20.0. The van der Waals surface area contributed by atoms with Crippen LogP contribution in [0.3, 0.4) is 0 Å². The zero-order valence-electron chi connectivity index (χ0n) is 14.4. The molecule has 6 nitrogen and oxygen atoms in total. The number of rotatable bonds is 9. The van der Waals surface area contributed by atoms with E-state index in [4.69, 9.17) is 16.7 Å². The molecule has 0 aliphatic rings. The zero-order chi connectivity index (χ0) is 19.1. The molecule has 26 heavy (non-hydrogen) atoms. The lowest BCUT2D eigenvalue weighted by Gasteiger charge is -2.21. The van der Waals surface area contributed by atoms with Gasteiger partial charge in [0.15, 0.2) is 0 Å². The van der Waals surface area contributed by atoms with E-state index < -0.39 is 12.1 Å². The number of halogens is 1. The summed E-state index contributed by atoms with van der Waals surface area (Å²) in [4.78, 5) is 10.6. The van der Waals surface area contributed by atoms with E-state index in [2.05, 4.69) is 10.6 Å². The average molecular weight is 379 g/mol. The lowest BCUT2D eigenvalue weighted by molar-refractivity contribution is -0.134. The summed E-state index contributed by atoms with van der Waals surface area (Å²) in [5.74, 6) is -0.782. The first-order valence-corrected chi connectivity index (χ1v) is 8.69. The molecule has 0 aliphatic heterocycles. The molecule has 2 atom stereocenters. The molecule has 0 unspecified atom stereocenters. The second kappa shape index (κ2) is 9.43. The topological polar surface area (TPSA) is 102 Å². The zero-order valence-corrected chi connectivity index (χ0v) is 15.2. The van der Waals surface area contributed by atoms with Crippen LogP contribution in [0.25, 0.3) is 0 Å². The molecule has 0 aromatic heterocycles. The van der Waals surface area contributed by atoms with Crippen molar-refractivity contribution in [2.75, 3.05) is 18.4 Å². The molecule has 0 radical (unpaired) electrons. The van der Waals surface area contributed by atoms with Crippen LogP contribution < -0.4 is 10.6 Å². The van der Waals surface area contributed by atoms with Crippen molar-refractivity contribution in [3.63, 3.8) is 0 Å². The van der Waals surface area contributed by atoms with Crippen LogP contribution >= 0.6 is 11.6 Å². The highest BCUT2D eigenvalue weighted by Crippen LogP contribution is 2.23. The minimum absolute atomic E-state index is 0.161. The Balaban J connectivity index is 1.83. The molecular formula is C19H23ClN2O4. The van der Waals surface area contributed by atoms with E-state index in [0.717, 1.165) is 11.1 Å². The van der Waals surface area contributed by atoms with Crippen LogP contribution in [0.1, 0.15) is 24.2 Å². The lowest BCUT2D eigenvalue weighted by Crippen LogP contribution is -2.33. The SMILES string of the molecule is C[C@H](NCCc1ccc(NCC(=O)O)c(Cl)c1)[C@@H](O)c1ccc(O)cc1. The van der Waals surface area contributed by atoms with Crippen molar-refractivity contribution in [1.29, 1.82) is 0 Å². The largest absolute Gasteiger partial charge is 0.508 e. The summed E-state index contributed by atoms with van der Waals surface area (Å²) in [6.45, 7) is 2.35. The maximum Gasteiger partial charge on any atom is 0.322 e. The van der Waals surface area contributed by atoms with Crippen molar-refractivity contribution >= 4 is 23.3 Å². The molecule has 0 bridgehead atoms. The fraction of sp³-hybridized carbons (Fsp3) is 0.316. The summed E-state index contributed by atoms with van der Waals surface area (Å²) in [6, 6.07) is 11.8. The highest BCUT2D eigenvalue weighted by Gasteiger charge is 2.15. The molecule has 0 saturated carbocycles. The molecule has 2 aromatic rings. The van der Waals surface area contributed by atoms with E-state index in [9.17, 15) is 15.0 Å². The van der Waals surface area contributed by atoms with Crippen molar-refractivity contribution in [1.82, 2.24) is 5.32 Å². The van der Waals surface area contributed by atoms with Crippen molar-refractivity contribution in [3.05, 3.63) is 58.6 Å². The van der Waals surface area contributed by atoms with Gasteiger partial charge < -0.3 is 26.0 Å². The van der Waals surface area contributed by atoms with Crippen molar-refractivity contribution in [2.45, 2.75) is 25.5 Å². The monoisotopic (exact) mass is 378 g/mol. The normalized spacial score (nSPS) is 13.2. The summed E-state index contributed by atoms with van der Waals surface area (Å²) < 4.78 is 0. The Morgan fingerprint density at radius 1 is 1.19 bits per heavy atom. The summed E-state index contributed by atoms with van der Waals surface area (Å²) in [7, 11) is 0. The van der Waals surface area contributed by atoms with E-state index in [1.165, 1.54) is 0 Å². The van der Waals surface area contributed by atoms with E-state index in [0.29, 0.717) is 23.7 Å². The lowest BCUT2D eigenvalue weighted by atomic mass is 10.0. The standard InChI is InChI=1S/C19H23ClN2O4/c1-12(19(26)14-3-5-15(23)6-4-14)21-9-8-13-2-7-17(16(20)10-13)22-11-18(24)25/h2-7,10,12,19,21-23,26H,8-9,11H2,1H3,(H,24,25)/t12-,19+/m0/s1. The molecule has 0 fully saturated rings. The Bertz CT molecular complexity index is 737. The summed E-state index contributed by atoms with van der Waals surface area (Å²) >= 11 is 6.16. The molecule has 2 rings (SSSR count). The number of carboxylic acids is 1. The predicted molar refractivity (Wildman–Crippen MR) is 102 cm³/mol. The number of aliphatic hydroxyl groups is 1. The van der Waals surface area contributed by atoms with Crippen LogP contribution in [0.5, 0.6) is 5.75 Å². The van der Waals surface area contributed by atoms with Gasteiger partial charge in [0, 0.05) is 6.04 Å². The minimum Gasteiger partial charge on any atom is -0.508 e. The van der Waals surface area contributed by atoms with Crippen molar-refractivity contribution < 1.29 is 20.1 Å². The Kier molecular flexibility index (Phi) is 7.26. The number of anilines is 1. The Morgan fingerprint density at radius 2 is 1.88 bits per heavy atom. The number of carboxylic acid groups (broad SMARTS) is 1. The molecule has 7 heteroatoms.